The number of nitrogens with one attached hydrogen (secondary N) is 3. The number of aromatic nitrogens is 1. The smallest absolute Gasteiger partial charge is 0.163 e. The zero-order chi connectivity index (χ0) is 21.7. The van der Waals surface area contributed by atoms with Crippen molar-refractivity contribution in [2.75, 3.05) is 10.6 Å². The topological polar surface area (TPSA) is 56.9 Å². The fourth-order valence-corrected chi connectivity index (χ4v) is 5.16. The normalized spacial score (nSPS) is 20.2. The van der Waals surface area contributed by atoms with E-state index in [1.165, 1.54) is 0 Å². The Morgan fingerprint density at radius 3 is 2.44 bits per heavy atom. The van der Waals surface area contributed by atoms with Crippen LogP contribution in [0.1, 0.15) is 35.9 Å². The lowest BCUT2D eigenvalue weighted by atomic mass is 9.78. The largest absolute Gasteiger partial charge is 0.372 e. The second kappa shape index (κ2) is 7.57. The van der Waals surface area contributed by atoms with Crippen LogP contribution in [0.25, 0.3) is 10.9 Å². The van der Waals surface area contributed by atoms with Crippen molar-refractivity contribution in [2.45, 2.75) is 24.8 Å². The highest BCUT2D eigenvalue weighted by Gasteiger charge is 2.36. The Kier molecular flexibility index (Phi) is 4.54. The molecule has 0 bridgehead atoms. The summed E-state index contributed by atoms with van der Waals surface area (Å²) in [6.45, 7) is 0. The molecule has 2 atom stereocenters. The number of carbonyl (C=O) groups excluding carboxylic acids is 1. The Labute approximate surface area is 191 Å². The summed E-state index contributed by atoms with van der Waals surface area (Å²) in [7, 11) is 0. The number of hydrogen-bond acceptors (Lipinski definition) is 3. The van der Waals surface area contributed by atoms with Crippen molar-refractivity contribution in [1.82, 2.24) is 4.98 Å². The Morgan fingerprint density at radius 2 is 1.59 bits per heavy atom. The van der Waals surface area contributed by atoms with E-state index in [9.17, 15) is 4.79 Å². The van der Waals surface area contributed by atoms with Gasteiger partial charge in [-0.25, -0.2) is 0 Å². The molecule has 5 heteroatoms. The summed E-state index contributed by atoms with van der Waals surface area (Å²) in [5, 5.41) is 9.11. The number of rotatable bonds is 2. The van der Waals surface area contributed by atoms with Crippen LogP contribution in [0.4, 0.5) is 11.4 Å². The molecule has 4 aromatic rings. The highest BCUT2D eigenvalue weighted by molar-refractivity contribution is 6.30. The molecule has 0 saturated heterocycles. The van der Waals surface area contributed by atoms with Crippen LogP contribution in [0.2, 0.25) is 5.02 Å². The molecule has 0 fully saturated rings. The van der Waals surface area contributed by atoms with Crippen molar-refractivity contribution in [2.24, 2.45) is 0 Å². The highest BCUT2D eigenvalue weighted by Crippen LogP contribution is 2.45. The molecule has 1 aliphatic carbocycles. The van der Waals surface area contributed by atoms with Gasteiger partial charge in [0.25, 0.3) is 0 Å². The maximum absolute atomic E-state index is 13.7. The van der Waals surface area contributed by atoms with Gasteiger partial charge in [-0.15, -0.1) is 0 Å². The third-order valence-electron chi connectivity index (χ3n) is 6.58. The zero-order valence-electron chi connectivity index (χ0n) is 17.4. The second-order valence-electron chi connectivity index (χ2n) is 8.51. The Balaban J connectivity index is 1.49. The molecule has 0 radical (unpaired) electrons. The van der Waals surface area contributed by atoms with Gasteiger partial charge < -0.3 is 15.6 Å². The number of hydrogen-bond donors (Lipinski definition) is 3. The van der Waals surface area contributed by atoms with E-state index in [-0.39, 0.29) is 17.7 Å². The standard InChI is InChI=1S/C27H22ClN3O/c28-18-11-9-16(10-12-18)17-13-24-26(25(32)14-17)27(31-23-8-4-3-7-22(23)30-24)20-15-29-21-6-2-1-5-19(20)21/h1-12,15,17,27,29-31H,13-14H2/t17-,27-/m1/s1. The van der Waals surface area contributed by atoms with Gasteiger partial charge in [0.05, 0.1) is 17.4 Å². The SMILES string of the molecule is O=C1C[C@H](c2ccc(Cl)cc2)CC2=C1[C@@H](c1c[nH]c3ccccc13)Nc1ccccc1N2. The number of allylic oxidation sites excluding steroid dienone is 1. The fourth-order valence-electron chi connectivity index (χ4n) is 5.03. The van der Waals surface area contributed by atoms with Crippen LogP contribution in [0, 0.1) is 0 Å². The number of aromatic amines is 1. The number of H-pyrrole nitrogens is 1. The molecule has 3 N–H and O–H groups in total. The van der Waals surface area contributed by atoms with Crippen LogP contribution in [0.3, 0.4) is 0 Å². The van der Waals surface area contributed by atoms with Crippen LogP contribution in [-0.2, 0) is 4.79 Å². The summed E-state index contributed by atoms with van der Waals surface area (Å²) in [4.78, 5) is 17.0. The van der Waals surface area contributed by atoms with E-state index >= 15 is 0 Å². The Hall–Kier alpha value is -3.50. The van der Waals surface area contributed by atoms with Gasteiger partial charge in [-0.05, 0) is 48.2 Å². The zero-order valence-corrected chi connectivity index (χ0v) is 18.1. The van der Waals surface area contributed by atoms with Crippen molar-refractivity contribution >= 4 is 39.7 Å². The summed E-state index contributed by atoms with van der Waals surface area (Å²) < 4.78 is 0. The van der Waals surface area contributed by atoms with E-state index in [4.69, 9.17) is 11.6 Å². The number of para-hydroxylation sites is 3. The summed E-state index contributed by atoms with van der Waals surface area (Å²) in [6, 6.07) is 24.0. The first-order valence-electron chi connectivity index (χ1n) is 10.9. The number of ketones is 1. The van der Waals surface area contributed by atoms with Crippen molar-refractivity contribution in [1.29, 1.82) is 0 Å². The number of anilines is 2. The molecule has 2 heterocycles. The molecule has 0 amide bonds. The van der Waals surface area contributed by atoms with Crippen LogP contribution >= 0.6 is 11.6 Å². The van der Waals surface area contributed by atoms with E-state index in [0.717, 1.165) is 51.1 Å². The Morgan fingerprint density at radius 1 is 0.844 bits per heavy atom. The van der Waals surface area contributed by atoms with Crippen molar-refractivity contribution in [3.05, 3.63) is 106 Å². The van der Waals surface area contributed by atoms with E-state index in [1.807, 2.05) is 54.7 Å². The van der Waals surface area contributed by atoms with Gasteiger partial charge in [-0.3, -0.25) is 4.79 Å². The molecule has 32 heavy (non-hydrogen) atoms. The average molecular weight is 440 g/mol. The maximum Gasteiger partial charge on any atom is 0.163 e. The van der Waals surface area contributed by atoms with E-state index in [1.54, 1.807) is 0 Å². The molecule has 0 unspecified atom stereocenters. The summed E-state index contributed by atoms with van der Waals surface area (Å²) in [5.41, 5.74) is 7.11. The first-order chi connectivity index (χ1) is 15.7. The molecule has 1 aliphatic heterocycles. The molecular weight excluding hydrogens is 418 g/mol. The van der Waals surface area contributed by atoms with Crippen molar-refractivity contribution < 1.29 is 4.79 Å². The number of fused-ring (bicyclic) bond motifs is 2. The lowest BCUT2D eigenvalue weighted by Gasteiger charge is -2.29. The maximum atomic E-state index is 13.7. The number of carbonyl (C=O) groups is 1. The van der Waals surface area contributed by atoms with Crippen molar-refractivity contribution in [3.8, 4) is 0 Å². The molecule has 158 valence electrons. The first-order valence-corrected chi connectivity index (χ1v) is 11.3. The van der Waals surface area contributed by atoms with E-state index in [0.29, 0.717) is 11.4 Å². The number of Topliss-reactive ketones (excluding diaryl/α,β-unsaturated/α-hetero) is 1. The summed E-state index contributed by atoms with van der Waals surface area (Å²) in [6.07, 6.45) is 3.29. The quantitative estimate of drug-likeness (QED) is 0.322. The number of halogens is 1. The minimum atomic E-state index is -0.226. The van der Waals surface area contributed by atoms with Crippen LogP contribution in [0.15, 0.2) is 90.3 Å². The van der Waals surface area contributed by atoms with Crippen LogP contribution in [0.5, 0.6) is 0 Å². The predicted octanol–water partition coefficient (Wildman–Crippen LogP) is 6.80. The predicted molar refractivity (Wildman–Crippen MR) is 130 cm³/mol. The van der Waals surface area contributed by atoms with Gasteiger partial charge >= 0.3 is 0 Å². The monoisotopic (exact) mass is 439 g/mol. The lowest BCUT2D eigenvalue weighted by molar-refractivity contribution is -0.116. The number of benzene rings is 3. The second-order valence-corrected chi connectivity index (χ2v) is 8.95. The van der Waals surface area contributed by atoms with Gasteiger partial charge in [0.15, 0.2) is 5.78 Å². The molecular formula is C27H22ClN3O. The van der Waals surface area contributed by atoms with E-state index in [2.05, 4.69) is 39.9 Å². The molecule has 6 rings (SSSR count). The average Bonchev–Trinajstić information content (AvgIpc) is 3.15. The van der Waals surface area contributed by atoms with Gasteiger partial charge in [0.2, 0.25) is 0 Å². The van der Waals surface area contributed by atoms with E-state index < -0.39 is 0 Å². The lowest BCUT2D eigenvalue weighted by Crippen LogP contribution is -2.26. The van der Waals surface area contributed by atoms with Gasteiger partial charge in [-0.1, -0.05) is 54.1 Å². The molecule has 3 aromatic carbocycles. The molecule has 0 saturated carbocycles. The highest BCUT2D eigenvalue weighted by atomic mass is 35.5. The molecule has 0 spiro atoms. The Bertz CT molecular complexity index is 1370. The van der Waals surface area contributed by atoms with Gasteiger partial charge in [0, 0.05) is 45.4 Å². The fraction of sp³-hybridized carbons (Fsp3) is 0.148. The van der Waals surface area contributed by atoms with Crippen LogP contribution < -0.4 is 10.6 Å². The van der Waals surface area contributed by atoms with Crippen LogP contribution in [-0.4, -0.2) is 10.8 Å². The minimum absolute atomic E-state index is 0.125. The summed E-state index contributed by atoms with van der Waals surface area (Å²) in [5.74, 6) is 0.300. The molecule has 2 aliphatic rings. The summed E-state index contributed by atoms with van der Waals surface area (Å²) >= 11 is 6.09. The third kappa shape index (κ3) is 3.19. The third-order valence-corrected chi connectivity index (χ3v) is 6.83. The molecule has 4 nitrogen and oxygen atoms in total. The van der Waals surface area contributed by atoms with Gasteiger partial charge in [-0.2, -0.15) is 0 Å². The minimum Gasteiger partial charge on any atom is -0.372 e. The molecule has 1 aromatic heterocycles. The van der Waals surface area contributed by atoms with Gasteiger partial charge in [0.1, 0.15) is 0 Å². The van der Waals surface area contributed by atoms with Crippen molar-refractivity contribution in [3.63, 3.8) is 0 Å². The first kappa shape index (κ1) is 19.2.